The van der Waals surface area contributed by atoms with Crippen molar-refractivity contribution in [2.45, 2.75) is 26.7 Å². The van der Waals surface area contributed by atoms with E-state index in [4.69, 9.17) is 11.6 Å². The fraction of sp³-hybridized carbons (Fsp3) is 0.889. The fourth-order valence-electron chi connectivity index (χ4n) is 2.02. The molecule has 0 atom stereocenters. The Hall–Kier alpha value is 0.110. The van der Waals surface area contributed by atoms with Gasteiger partial charge in [0.15, 0.2) is 0 Å². The van der Waals surface area contributed by atoms with Crippen molar-refractivity contribution < 1.29 is 9.00 Å². The van der Waals surface area contributed by atoms with Gasteiger partial charge in [0.1, 0.15) is 0 Å². The molecular formula is C9H15ClO2S. The lowest BCUT2D eigenvalue weighted by Gasteiger charge is -2.51. The molecule has 1 aliphatic heterocycles. The lowest BCUT2D eigenvalue weighted by Crippen LogP contribution is -2.54. The molecule has 2 aliphatic rings. The minimum atomic E-state index is -0.593. The third kappa shape index (κ3) is 2.13. The molecule has 1 saturated heterocycles. The first-order valence-corrected chi connectivity index (χ1v) is 6.52. The Labute approximate surface area is 86.5 Å². The van der Waals surface area contributed by atoms with Crippen molar-refractivity contribution in [2.75, 3.05) is 11.5 Å². The number of rotatable bonds is 1. The van der Waals surface area contributed by atoms with Gasteiger partial charge in [-0.3, -0.25) is 9.00 Å². The standard InChI is InChI=1S/C7H9ClO2S.C2H6/c8-6(9)5-1-7(2-5)3-11(10)4-7;1-2/h5H,1-4H2;1-2H3. The molecule has 0 N–H and O–H groups in total. The molecule has 1 saturated carbocycles. The molecule has 76 valence electrons. The Kier molecular flexibility index (Phi) is 3.52. The SMILES string of the molecule is CC.O=C(Cl)C1CC2(C1)CS(=O)C2. The highest BCUT2D eigenvalue weighted by Crippen LogP contribution is 2.52. The first-order valence-electron chi connectivity index (χ1n) is 4.66. The summed E-state index contributed by atoms with van der Waals surface area (Å²) in [6.45, 7) is 4.00. The van der Waals surface area contributed by atoms with Crippen LogP contribution in [0.5, 0.6) is 0 Å². The molecule has 0 aromatic rings. The minimum Gasteiger partial charge on any atom is -0.281 e. The maximum Gasteiger partial charge on any atom is 0.224 e. The van der Waals surface area contributed by atoms with E-state index in [1.165, 1.54) is 0 Å². The predicted octanol–water partition coefficient (Wildman–Crippen LogP) is 1.94. The van der Waals surface area contributed by atoms with E-state index in [-0.39, 0.29) is 16.6 Å². The van der Waals surface area contributed by atoms with E-state index >= 15 is 0 Å². The van der Waals surface area contributed by atoms with Gasteiger partial charge in [0.05, 0.1) is 0 Å². The molecule has 0 bridgehead atoms. The quantitative estimate of drug-likeness (QED) is 0.636. The lowest BCUT2D eigenvalue weighted by molar-refractivity contribution is -0.121. The van der Waals surface area contributed by atoms with Crippen LogP contribution < -0.4 is 0 Å². The Morgan fingerprint density at radius 1 is 1.38 bits per heavy atom. The van der Waals surface area contributed by atoms with Crippen molar-refractivity contribution in [1.82, 2.24) is 0 Å². The molecule has 0 aromatic carbocycles. The van der Waals surface area contributed by atoms with Crippen molar-refractivity contribution in [3.63, 3.8) is 0 Å². The van der Waals surface area contributed by atoms with Gasteiger partial charge in [-0.1, -0.05) is 13.8 Å². The van der Waals surface area contributed by atoms with Gasteiger partial charge in [0, 0.05) is 28.2 Å². The molecule has 2 rings (SSSR count). The van der Waals surface area contributed by atoms with E-state index in [9.17, 15) is 9.00 Å². The van der Waals surface area contributed by atoms with Crippen LogP contribution >= 0.6 is 11.6 Å². The first-order chi connectivity index (χ1) is 6.11. The van der Waals surface area contributed by atoms with Gasteiger partial charge >= 0.3 is 0 Å². The summed E-state index contributed by atoms with van der Waals surface area (Å²) in [6, 6.07) is 0. The van der Waals surface area contributed by atoms with E-state index in [2.05, 4.69) is 0 Å². The van der Waals surface area contributed by atoms with Gasteiger partial charge in [-0.25, -0.2) is 0 Å². The van der Waals surface area contributed by atoms with E-state index in [1.807, 2.05) is 13.8 Å². The second-order valence-corrected chi connectivity index (χ2v) is 5.47. The van der Waals surface area contributed by atoms with Crippen LogP contribution in [-0.2, 0) is 15.6 Å². The van der Waals surface area contributed by atoms with Crippen LogP contribution in [0.25, 0.3) is 0 Å². The van der Waals surface area contributed by atoms with Crippen LogP contribution in [0.3, 0.4) is 0 Å². The predicted molar refractivity (Wildman–Crippen MR) is 55.2 cm³/mol. The maximum absolute atomic E-state index is 10.8. The molecule has 0 unspecified atom stereocenters. The van der Waals surface area contributed by atoms with Crippen molar-refractivity contribution >= 4 is 27.6 Å². The highest BCUT2D eigenvalue weighted by atomic mass is 35.5. The van der Waals surface area contributed by atoms with Gasteiger partial charge in [-0.2, -0.15) is 0 Å². The number of hydrogen-bond acceptors (Lipinski definition) is 2. The normalized spacial score (nSPS) is 41.2. The highest BCUT2D eigenvalue weighted by Gasteiger charge is 2.53. The summed E-state index contributed by atoms with van der Waals surface area (Å²) in [5.74, 6) is 1.66. The number of hydrogen-bond donors (Lipinski definition) is 0. The second-order valence-electron chi connectivity index (χ2n) is 3.64. The summed E-state index contributed by atoms with van der Waals surface area (Å²) >= 11 is 5.31. The van der Waals surface area contributed by atoms with E-state index in [0.717, 1.165) is 24.3 Å². The van der Waals surface area contributed by atoms with Crippen molar-refractivity contribution in [3.05, 3.63) is 0 Å². The molecule has 1 aliphatic carbocycles. The maximum atomic E-state index is 10.8. The number of carbonyl (C=O) groups excluding carboxylic acids is 1. The summed E-state index contributed by atoms with van der Waals surface area (Å²) in [5.41, 5.74) is 0.264. The average molecular weight is 223 g/mol. The van der Waals surface area contributed by atoms with Crippen LogP contribution in [0.15, 0.2) is 0 Å². The molecule has 0 amide bonds. The number of halogens is 1. The Morgan fingerprint density at radius 3 is 2.15 bits per heavy atom. The zero-order valence-electron chi connectivity index (χ0n) is 8.01. The van der Waals surface area contributed by atoms with Crippen LogP contribution in [0.1, 0.15) is 26.7 Å². The summed E-state index contributed by atoms with van der Waals surface area (Å²) in [5, 5.41) is -0.215. The van der Waals surface area contributed by atoms with E-state index in [1.54, 1.807) is 0 Å². The summed E-state index contributed by atoms with van der Waals surface area (Å²) in [6.07, 6.45) is 1.75. The van der Waals surface area contributed by atoms with Gasteiger partial charge in [-0.05, 0) is 29.9 Å². The van der Waals surface area contributed by atoms with Crippen LogP contribution in [0, 0.1) is 11.3 Å². The molecular weight excluding hydrogens is 208 g/mol. The minimum absolute atomic E-state index is 0.0639. The van der Waals surface area contributed by atoms with Crippen LogP contribution in [0.2, 0.25) is 0 Å². The second kappa shape index (κ2) is 4.09. The molecule has 4 heteroatoms. The summed E-state index contributed by atoms with van der Waals surface area (Å²) < 4.78 is 10.8. The fourth-order valence-corrected chi connectivity index (χ4v) is 3.93. The van der Waals surface area contributed by atoms with Crippen molar-refractivity contribution in [1.29, 1.82) is 0 Å². The monoisotopic (exact) mass is 222 g/mol. The zero-order chi connectivity index (χ0) is 10.1. The average Bonchev–Trinajstić information content (AvgIpc) is 1.97. The van der Waals surface area contributed by atoms with Crippen molar-refractivity contribution in [3.8, 4) is 0 Å². The van der Waals surface area contributed by atoms with Crippen LogP contribution in [-0.4, -0.2) is 21.0 Å². The van der Waals surface area contributed by atoms with Gasteiger partial charge in [-0.15, -0.1) is 0 Å². The van der Waals surface area contributed by atoms with Gasteiger partial charge in [0.25, 0.3) is 0 Å². The van der Waals surface area contributed by atoms with Crippen molar-refractivity contribution in [2.24, 2.45) is 11.3 Å². The van der Waals surface area contributed by atoms with Gasteiger partial charge in [0.2, 0.25) is 5.24 Å². The Bertz CT molecular complexity index is 224. The lowest BCUT2D eigenvalue weighted by atomic mass is 9.64. The summed E-state index contributed by atoms with van der Waals surface area (Å²) in [4.78, 5) is 10.6. The molecule has 13 heavy (non-hydrogen) atoms. The first kappa shape index (κ1) is 11.2. The zero-order valence-corrected chi connectivity index (χ0v) is 9.58. The largest absolute Gasteiger partial charge is 0.281 e. The third-order valence-electron chi connectivity index (χ3n) is 2.61. The molecule has 1 heterocycles. The van der Waals surface area contributed by atoms with E-state index in [0.29, 0.717) is 0 Å². The molecule has 0 radical (unpaired) electrons. The van der Waals surface area contributed by atoms with E-state index < -0.39 is 10.8 Å². The summed E-state index contributed by atoms with van der Waals surface area (Å²) in [7, 11) is -0.593. The Balaban J connectivity index is 0.000000396. The Morgan fingerprint density at radius 2 is 1.85 bits per heavy atom. The molecule has 2 nitrogen and oxygen atoms in total. The third-order valence-corrected chi connectivity index (χ3v) is 4.79. The smallest absolute Gasteiger partial charge is 0.224 e. The molecule has 2 fully saturated rings. The highest BCUT2D eigenvalue weighted by molar-refractivity contribution is 7.86. The van der Waals surface area contributed by atoms with Crippen LogP contribution in [0.4, 0.5) is 0 Å². The molecule has 1 spiro atoms. The van der Waals surface area contributed by atoms with Gasteiger partial charge < -0.3 is 0 Å². The topological polar surface area (TPSA) is 34.1 Å². The molecule has 0 aromatic heterocycles. The number of carbonyl (C=O) groups is 1.